The van der Waals surface area contributed by atoms with Crippen molar-refractivity contribution in [2.45, 2.75) is 26.0 Å². The van der Waals surface area contributed by atoms with Crippen molar-refractivity contribution in [2.24, 2.45) is 0 Å². The second-order valence-corrected chi connectivity index (χ2v) is 6.28. The number of aromatic nitrogens is 4. The van der Waals surface area contributed by atoms with Gasteiger partial charge in [-0.25, -0.2) is 9.97 Å². The minimum atomic E-state index is -0.676. The molecule has 0 radical (unpaired) electrons. The van der Waals surface area contributed by atoms with E-state index in [1.54, 1.807) is 25.5 Å². The van der Waals surface area contributed by atoms with Crippen molar-refractivity contribution in [1.82, 2.24) is 19.9 Å². The Hall–Kier alpha value is -2.74. The fourth-order valence-electron chi connectivity index (χ4n) is 3.10. The first kappa shape index (κ1) is 15.8. The Kier molecular flexibility index (Phi) is 3.96. The fourth-order valence-corrected chi connectivity index (χ4v) is 3.10. The molecule has 0 spiro atoms. The Bertz CT molecular complexity index is 847. The first-order chi connectivity index (χ1) is 12.1. The number of pyridine rings is 1. The summed E-state index contributed by atoms with van der Waals surface area (Å²) < 4.78 is 5.82. The molecule has 8 nitrogen and oxygen atoms in total. The molecule has 2 unspecified atom stereocenters. The number of fused-ring (bicyclic) bond motifs is 1. The summed E-state index contributed by atoms with van der Waals surface area (Å²) in [5.41, 5.74) is 1.52. The van der Waals surface area contributed by atoms with Gasteiger partial charge in [-0.1, -0.05) is 0 Å². The lowest BCUT2D eigenvalue weighted by molar-refractivity contribution is 0.189. The number of aliphatic hydroxyl groups is 1. The molecular weight excluding hydrogens is 320 g/mol. The van der Waals surface area contributed by atoms with Crippen LogP contribution in [0.15, 0.2) is 35.1 Å². The van der Waals surface area contributed by atoms with Gasteiger partial charge in [-0.15, -0.1) is 0 Å². The van der Waals surface area contributed by atoms with Crippen molar-refractivity contribution in [3.8, 4) is 0 Å². The summed E-state index contributed by atoms with van der Waals surface area (Å²) >= 11 is 0. The van der Waals surface area contributed by atoms with Crippen LogP contribution < -0.4 is 9.80 Å². The molecule has 1 fully saturated rings. The van der Waals surface area contributed by atoms with Gasteiger partial charge in [-0.2, -0.15) is 4.98 Å². The quantitative estimate of drug-likeness (QED) is 0.771. The number of oxazole rings is 1. The van der Waals surface area contributed by atoms with Crippen molar-refractivity contribution in [1.29, 1.82) is 0 Å². The zero-order valence-corrected chi connectivity index (χ0v) is 14.2. The second-order valence-electron chi connectivity index (χ2n) is 6.28. The van der Waals surface area contributed by atoms with Crippen LogP contribution in [-0.4, -0.2) is 50.7 Å². The van der Waals surface area contributed by atoms with E-state index in [4.69, 9.17) is 4.42 Å². The molecule has 0 amide bonds. The van der Waals surface area contributed by atoms with Crippen LogP contribution in [0.3, 0.4) is 0 Å². The molecule has 0 aromatic carbocycles. The summed E-state index contributed by atoms with van der Waals surface area (Å²) in [7, 11) is 0. The summed E-state index contributed by atoms with van der Waals surface area (Å²) in [6.45, 7) is 6.14. The van der Waals surface area contributed by atoms with Gasteiger partial charge in [0, 0.05) is 38.1 Å². The van der Waals surface area contributed by atoms with Gasteiger partial charge in [-0.3, -0.25) is 4.98 Å². The van der Waals surface area contributed by atoms with Crippen LogP contribution in [0.2, 0.25) is 0 Å². The van der Waals surface area contributed by atoms with E-state index in [2.05, 4.69) is 36.7 Å². The largest absolute Gasteiger partial charge is 0.422 e. The highest BCUT2D eigenvalue weighted by Gasteiger charge is 2.27. The number of nitrogens with zero attached hydrogens (tertiary/aromatic N) is 6. The van der Waals surface area contributed by atoms with E-state index in [1.807, 2.05) is 12.1 Å². The van der Waals surface area contributed by atoms with Gasteiger partial charge in [0.15, 0.2) is 11.4 Å². The maximum absolute atomic E-state index is 9.69. The van der Waals surface area contributed by atoms with E-state index in [1.165, 1.54) is 0 Å². The van der Waals surface area contributed by atoms with Crippen LogP contribution in [-0.2, 0) is 0 Å². The number of aliphatic hydroxyl groups excluding tert-OH is 1. The van der Waals surface area contributed by atoms with Gasteiger partial charge in [0.2, 0.25) is 0 Å². The van der Waals surface area contributed by atoms with E-state index >= 15 is 0 Å². The zero-order valence-electron chi connectivity index (χ0n) is 14.2. The summed E-state index contributed by atoms with van der Waals surface area (Å²) in [6.07, 6.45) is 4.41. The SMILES string of the molecule is CC(O)c1nccc(N2CCN(c3nc4ccncc4o3)CC2C)n1. The van der Waals surface area contributed by atoms with E-state index in [0.29, 0.717) is 17.4 Å². The molecule has 1 saturated heterocycles. The molecule has 0 bridgehead atoms. The monoisotopic (exact) mass is 340 g/mol. The lowest BCUT2D eigenvalue weighted by Gasteiger charge is -2.39. The number of anilines is 2. The third-order valence-corrected chi connectivity index (χ3v) is 4.41. The number of piperazine rings is 1. The van der Waals surface area contributed by atoms with E-state index < -0.39 is 6.10 Å². The molecule has 0 saturated carbocycles. The first-order valence-electron chi connectivity index (χ1n) is 8.35. The Morgan fingerprint density at radius 2 is 2.12 bits per heavy atom. The minimum Gasteiger partial charge on any atom is -0.422 e. The van der Waals surface area contributed by atoms with Gasteiger partial charge in [-0.05, 0) is 26.0 Å². The van der Waals surface area contributed by atoms with E-state index in [9.17, 15) is 5.11 Å². The topological polar surface area (TPSA) is 91.4 Å². The molecule has 3 aromatic heterocycles. The Balaban J connectivity index is 1.53. The maximum atomic E-state index is 9.69. The van der Waals surface area contributed by atoms with E-state index in [0.717, 1.165) is 31.0 Å². The maximum Gasteiger partial charge on any atom is 0.298 e. The Morgan fingerprint density at radius 1 is 1.24 bits per heavy atom. The normalized spacial score (nSPS) is 19.4. The second kappa shape index (κ2) is 6.29. The Labute approximate surface area is 145 Å². The van der Waals surface area contributed by atoms with Gasteiger partial charge < -0.3 is 19.3 Å². The average Bonchev–Trinajstić information content (AvgIpc) is 3.06. The molecule has 4 heterocycles. The number of rotatable bonds is 3. The van der Waals surface area contributed by atoms with Gasteiger partial charge in [0.25, 0.3) is 6.01 Å². The van der Waals surface area contributed by atoms with Crippen molar-refractivity contribution >= 4 is 22.9 Å². The van der Waals surface area contributed by atoms with Crippen LogP contribution in [0.25, 0.3) is 11.1 Å². The third kappa shape index (κ3) is 3.00. The molecule has 130 valence electrons. The number of hydrogen-bond acceptors (Lipinski definition) is 8. The minimum absolute atomic E-state index is 0.221. The average molecular weight is 340 g/mol. The van der Waals surface area contributed by atoms with Crippen LogP contribution in [0.1, 0.15) is 25.8 Å². The molecular formula is C17H20N6O2. The van der Waals surface area contributed by atoms with Gasteiger partial charge >= 0.3 is 0 Å². The van der Waals surface area contributed by atoms with Crippen LogP contribution >= 0.6 is 0 Å². The molecule has 25 heavy (non-hydrogen) atoms. The molecule has 1 aliphatic heterocycles. The molecule has 3 aromatic rings. The molecule has 8 heteroatoms. The van der Waals surface area contributed by atoms with Gasteiger partial charge in [0.1, 0.15) is 17.4 Å². The summed E-state index contributed by atoms with van der Waals surface area (Å²) in [4.78, 5) is 21.6. The lowest BCUT2D eigenvalue weighted by Crippen LogP contribution is -2.52. The predicted molar refractivity (Wildman–Crippen MR) is 93.5 cm³/mol. The number of hydrogen-bond donors (Lipinski definition) is 1. The lowest BCUT2D eigenvalue weighted by atomic mass is 10.2. The highest BCUT2D eigenvalue weighted by Crippen LogP contribution is 2.25. The highest BCUT2D eigenvalue weighted by molar-refractivity contribution is 5.73. The Morgan fingerprint density at radius 3 is 2.88 bits per heavy atom. The first-order valence-corrected chi connectivity index (χ1v) is 8.35. The van der Waals surface area contributed by atoms with Crippen molar-refractivity contribution in [3.63, 3.8) is 0 Å². The zero-order chi connectivity index (χ0) is 17.4. The molecule has 4 rings (SSSR count). The van der Waals surface area contributed by atoms with Crippen molar-refractivity contribution < 1.29 is 9.52 Å². The highest BCUT2D eigenvalue weighted by atomic mass is 16.4. The smallest absolute Gasteiger partial charge is 0.298 e. The van der Waals surface area contributed by atoms with E-state index in [-0.39, 0.29) is 6.04 Å². The van der Waals surface area contributed by atoms with Crippen LogP contribution in [0.4, 0.5) is 11.8 Å². The van der Waals surface area contributed by atoms with Crippen molar-refractivity contribution in [3.05, 3.63) is 36.5 Å². The summed E-state index contributed by atoms with van der Waals surface area (Å²) in [6, 6.07) is 4.57. The predicted octanol–water partition coefficient (Wildman–Crippen LogP) is 1.78. The molecule has 0 aliphatic carbocycles. The van der Waals surface area contributed by atoms with Crippen LogP contribution in [0.5, 0.6) is 0 Å². The fraction of sp³-hybridized carbons (Fsp3) is 0.412. The molecule has 1 aliphatic rings. The third-order valence-electron chi connectivity index (χ3n) is 4.41. The van der Waals surface area contributed by atoms with Gasteiger partial charge in [0.05, 0.1) is 6.20 Å². The summed E-state index contributed by atoms with van der Waals surface area (Å²) in [5, 5.41) is 9.69. The van der Waals surface area contributed by atoms with Crippen LogP contribution in [0, 0.1) is 0 Å². The van der Waals surface area contributed by atoms with Crippen molar-refractivity contribution in [2.75, 3.05) is 29.4 Å². The molecule has 1 N–H and O–H groups in total. The molecule has 2 atom stereocenters. The standard InChI is InChI=1S/C17H20N6O2/c1-11-10-22(17-20-13-3-5-18-9-14(13)25-17)7-8-23(11)15-4-6-19-16(21-15)12(2)24/h3-6,9,11-12,24H,7-8,10H2,1-2H3. The summed E-state index contributed by atoms with van der Waals surface area (Å²) in [5.74, 6) is 1.28.